The molecule has 2 nitrogen and oxygen atoms in total. The molecular formula is C17H16N2. The van der Waals surface area contributed by atoms with Gasteiger partial charge in [-0.3, -0.25) is 4.98 Å². The first-order valence-electron chi connectivity index (χ1n) is 6.50. The van der Waals surface area contributed by atoms with Crippen LogP contribution in [0.2, 0.25) is 0 Å². The number of nitrogens with zero attached hydrogens (tertiary/aromatic N) is 1. The van der Waals surface area contributed by atoms with Gasteiger partial charge in [-0.05, 0) is 28.0 Å². The van der Waals surface area contributed by atoms with E-state index in [2.05, 4.69) is 46.7 Å². The Bertz CT molecular complexity index is 588. The van der Waals surface area contributed by atoms with Crippen LogP contribution < -0.4 is 5.32 Å². The normalized spacial score (nSPS) is 12.6. The molecule has 94 valence electrons. The van der Waals surface area contributed by atoms with Crippen molar-refractivity contribution in [1.82, 2.24) is 10.3 Å². The fraction of sp³-hybridized carbons (Fsp3) is 0.118. The molecule has 3 aromatic rings. The molecule has 0 atom stereocenters. The maximum Gasteiger partial charge on any atom is 0.0346 e. The number of benzene rings is 2. The smallest absolute Gasteiger partial charge is 0.0346 e. The highest BCUT2D eigenvalue weighted by Gasteiger charge is 2.06. The Labute approximate surface area is 113 Å². The van der Waals surface area contributed by atoms with Gasteiger partial charge in [0, 0.05) is 25.5 Å². The van der Waals surface area contributed by atoms with Crippen molar-refractivity contribution < 1.29 is 0 Å². The van der Waals surface area contributed by atoms with Crippen LogP contribution in [0.1, 0.15) is 11.1 Å². The molecule has 2 aromatic carbocycles. The minimum Gasteiger partial charge on any atom is -0.309 e. The molecule has 1 N–H and O–H groups in total. The fourth-order valence-electron chi connectivity index (χ4n) is 2.26. The van der Waals surface area contributed by atoms with E-state index in [4.69, 9.17) is 0 Å². The quantitative estimate of drug-likeness (QED) is 0.658. The first-order chi connectivity index (χ1) is 9.43. The standard InChI is InChI=1S/C9H7N.C8H9N/c1-2-4-9-7-10-6-5-8(9)3-1;1-2-4-8-6-9-5-7(8)3-1/h1-7H;1-4,9H,5-6H2. The van der Waals surface area contributed by atoms with Gasteiger partial charge in [-0.1, -0.05) is 48.5 Å². The highest BCUT2D eigenvalue weighted by Crippen LogP contribution is 2.13. The SMILES string of the molecule is c1ccc2c(c1)CNC2.c1ccc2cnccc2c1. The maximum absolute atomic E-state index is 4.01. The van der Waals surface area contributed by atoms with Gasteiger partial charge in [0.2, 0.25) is 0 Å². The minimum atomic E-state index is 1.05. The summed E-state index contributed by atoms with van der Waals surface area (Å²) >= 11 is 0. The van der Waals surface area contributed by atoms with Crippen LogP contribution in [-0.2, 0) is 13.1 Å². The molecule has 0 saturated carbocycles. The van der Waals surface area contributed by atoms with Crippen LogP contribution in [0.4, 0.5) is 0 Å². The van der Waals surface area contributed by atoms with Crippen molar-refractivity contribution in [3.8, 4) is 0 Å². The molecule has 0 amide bonds. The van der Waals surface area contributed by atoms with E-state index >= 15 is 0 Å². The summed E-state index contributed by atoms with van der Waals surface area (Å²) in [6, 6.07) is 18.7. The van der Waals surface area contributed by atoms with E-state index in [1.54, 1.807) is 0 Å². The molecular weight excluding hydrogens is 232 g/mol. The zero-order chi connectivity index (χ0) is 12.9. The lowest BCUT2D eigenvalue weighted by Gasteiger charge is -1.91. The average Bonchev–Trinajstić information content (AvgIpc) is 2.96. The monoisotopic (exact) mass is 248 g/mol. The molecule has 0 aliphatic carbocycles. The van der Waals surface area contributed by atoms with E-state index in [1.807, 2.05) is 30.6 Å². The Balaban J connectivity index is 0.000000117. The molecule has 0 bridgehead atoms. The van der Waals surface area contributed by atoms with Crippen molar-refractivity contribution in [2.45, 2.75) is 13.1 Å². The maximum atomic E-state index is 4.01. The summed E-state index contributed by atoms with van der Waals surface area (Å²) < 4.78 is 0. The minimum absolute atomic E-state index is 1.05. The highest BCUT2D eigenvalue weighted by molar-refractivity contribution is 5.80. The van der Waals surface area contributed by atoms with Gasteiger partial charge < -0.3 is 5.32 Å². The van der Waals surface area contributed by atoms with Gasteiger partial charge in [0.1, 0.15) is 0 Å². The van der Waals surface area contributed by atoms with Crippen LogP contribution in [0.5, 0.6) is 0 Å². The van der Waals surface area contributed by atoms with Gasteiger partial charge >= 0.3 is 0 Å². The number of aromatic nitrogens is 1. The number of fused-ring (bicyclic) bond motifs is 2. The fourth-order valence-corrected chi connectivity index (χ4v) is 2.26. The highest BCUT2D eigenvalue weighted by atomic mass is 14.9. The van der Waals surface area contributed by atoms with Crippen molar-refractivity contribution in [3.05, 3.63) is 78.1 Å². The number of rotatable bonds is 0. The lowest BCUT2D eigenvalue weighted by atomic mass is 10.1. The molecule has 0 fully saturated rings. The van der Waals surface area contributed by atoms with Crippen molar-refractivity contribution >= 4 is 10.8 Å². The molecule has 0 saturated heterocycles. The molecule has 19 heavy (non-hydrogen) atoms. The predicted octanol–water partition coefficient (Wildman–Crippen LogP) is 3.52. The van der Waals surface area contributed by atoms with Gasteiger partial charge in [0.25, 0.3) is 0 Å². The summed E-state index contributed by atoms with van der Waals surface area (Å²) in [5.41, 5.74) is 2.91. The lowest BCUT2D eigenvalue weighted by Crippen LogP contribution is -1.99. The third-order valence-corrected chi connectivity index (χ3v) is 3.30. The van der Waals surface area contributed by atoms with Crippen LogP contribution in [0.25, 0.3) is 10.8 Å². The Morgan fingerprint density at radius 1 is 0.737 bits per heavy atom. The predicted molar refractivity (Wildman–Crippen MR) is 78.7 cm³/mol. The van der Waals surface area contributed by atoms with E-state index in [0.717, 1.165) is 13.1 Å². The Morgan fingerprint density at radius 3 is 2.05 bits per heavy atom. The van der Waals surface area contributed by atoms with Crippen LogP contribution in [0, 0.1) is 0 Å². The first-order valence-corrected chi connectivity index (χ1v) is 6.50. The molecule has 4 rings (SSSR count). The topological polar surface area (TPSA) is 24.9 Å². The molecule has 1 aromatic heterocycles. The second-order valence-corrected chi connectivity index (χ2v) is 4.60. The molecule has 0 unspecified atom stereocenters. The summed E-state index contributed by atoms with van der Waals surface area (Å²) in [5.74, 6) is 0. The number of nitrogens with one attached hydrogen (secondary N) is 1. The molecule has 2 heterocycles. The van der Waals surface area contributed by atoms with E-state index in [9.17, 15) is 0 Å². The van der Waals surface area contributed by atoms with E-state index in [1.165, 1.54) is 21.9 Å². The van der Waals surface area contributed by atoms with Gasteiger partial charge in [-0.15, -0.1) is 0 Å². The second kappa shape index (κ2) is 5.63. The van der Waals surface area contributed by atoms with Gasteiger partial charge in [-0.25, -0.2) is 0 Å². The van der Waals surface area contributed by atoms with Gasteiger partial charge in [0.05, 0.1) is 0 Å². The lowest BCUT2D eigenvalue weighted by molar-refractivity contribution is 0.765. The average molecular weight is 248 g/mol. The van der Waals surface area contributed by atoms with Crippen molar-refractivity contribution in [1.29, 1.82) is 0 Å². The van der Waals surface area contributed by atoms with Crippen molar-refractivity contribution in [2.75, 3.05) is 0 Å². The summed E-state index contributed by atoms with van der Waals surface area (Å²) in [6.07, 6.45) is 3.68. The number of hydrogen-bond acceptors (Lipinski definition) is 2. The Hall–Kier alpha value is -2.19. The van der Waals surface area contributed by atoms with E-state index < -0.39 is 0 Å². The van der Waals surface area contributed by atoms with Crippen LogP contribution >= 0.6 is 0 Å². The Morgan fingerprint density at radius 2 is 1.37 bits per heavy atom. The second-order valence-electron chi connectivity index (χ2n) is 4.60. The first kappa shape index (κ1) is 11.9. The van der Waals surface area contributed by atoms with Crippen LogP contribution in [-0.4, -0.2) is 4.98 Å². The van der Waals surface area contributed by atoms with Crippen LogP contribution in [0.3, 0.4) is 0 Å². The van der Waals surface area contributed by atoms with Gasteiger partial charge in [0.15, 0.2) is 0 Å². The van der Waals surface area contributed by atoms with Crippen LogP contribution in [0.15, 0.2) is 67.0 Å². The Kier molecular flexibility index (Phi) is 3.52. The van der Waals surface area contributed by atoms with E-state index in [0.29, 0.717) is 0 Å². The van der Waals surface area contributed by atoms with E-state index in [-0.39, 0.29) is 0 Å². The van der Waals surface area contributed by atoms with Crippen molar-refractivity contribution in [2.24, 2.45) is 0 Å². The molecule has 2 heteroatoms. The number of hydrogen-bond donors (Lipinski definition) is 1. The molecule has 1 aliphatic rings. The summed E-state index contributed by atoms with van der Waals surface area (Å²) in [5, 5.41) is 5.73. The number of pyridine rings is 1. The largest absolute Gasteiger partial charge is 0.309 e. The molecule has 0 spiro atoms. The van der Waals surface area contributed by atoms with Gasteiger partial charge in [-0.2, -0.15) is 0 Å². The third-order valence-electron chi connectivity index (χ3n) is 3.30. The summed E-state index contributed by atoms with van der Waals surface area (Å²) in [4.78, 5) is 4.01. The zero-order valence-electron chi connectivity index (χ0n) is 10.7. The molecule has 1 aliphatic heterocycles. The zero-order valence-corrected chi connectivity index (χ0v) is 10.7. The summed E-state index contributed by atoms with van der Waals surface area (Å²) in [6.45, 7) is 2.10. The molecule has 0 radical (unpaired) electrons. The third kappa shape index (κ3) is 2.80. The van der Waals surface area contributed by atoms with Crippen molar-refractivity contribution in [3.63, 3.8) is 0 Å². The summed E-state index contributed by atoms with van der Waals surface area (Å²) in [7, 11) is 0.